The molecule has 84 valence electrons. The van der Waals surface area contributed by atoms with Crippen molar-refractivity contribution in [3.63, 3.8) is 0 Å². The first kappa shape index (κ1) is 10.7. The van der Waals surface area contributed by atoms with Gasteiger partial charge in [-0.3, -0.25) is 0 Å². The summed E-state index contributed by atoms with van der Waals surface area (Å²) in [6.07, 6.45) is 1.84. The third-order valence-electron chi connectivity index (χ3n) is 2.56. The second-order valence-corrected chi connectivity index (χ2v) is 4.44. The Morgan fingerprint density at radius 2 is 2.06 bits per heavy atom. The summed E-state index contributed by atoms with van der Waals surface area (Å²) in [5, 5.41) is 4.55. The highest BCUT2D eigenvalue weighted by Gasteiger charge is 2.10. The van der Waals surface area contributed by atoms with Gasteiger partial charge in [-0.25, -0.2) is 4.98 Å². The first-order chi connectivity index (χ1) is 7.68. The number of fused-ring (bicyclic) bond motifs is 1. The summed E-state index contributed by atoms with van der Waals surface area (Å²) in [5.41, 5.74) is 8.87. The van der Waals surface area contributed by atoms with Crippen molar-refractivity contribution in [3.05, 3.63) is 30.5 Å². The molecule has 0 spiro atoms. The maximum Gasteiger partial charge on any atom is 0.213 e. The van der Waals surface area contributed by atoms with Gasteiger partial charge < -0.3 is 11.1 Å². The third kappa shape index (κ3) is 2.08. The zero-order valence-corrected chi connectivity index (χ0v) is 9.75. The van der Waals surface area contributed by atoms with Gasteiger partial charge in [-0.1, -0.05) is 26.0 Å². The van der Waals surface area contributed by atoms with Crippen LogP contribution in [0.25, 0.3) is 10.9 Å². The monoisotopic (exact) mass is 216 g/mol. The largest absolute Gasteiger partial charge is 0.392 e. The van der Waals surface area contributed by atoms with E-state index in [0.29, 0.717) is 5.92 Å². The van der Waals surface area contributed by atoms with Gasteiger partial charge >= 0.3 is 0 Å². The van der Waals surface area contributed by atoms with Crippen LogP contribution >= 0.6 is 0 Å². The minimum atomic E-state index is 0.599. The summed E-state index contributed by atoms with van der Waals surface area (Å²) < 4.78 is 0. The number of aromatic amines is 1. The summed E-state index contributed by atoms with van der Waals surface area (Å²) in [4.78, 5) is 3.18. The van der Waals surface area contributed by atoms with E-state index in [9.17, 15) is 0 Å². The van der Waals surface area contributed by atoms with E-state index >= 15 is 0 Å². The van der Waals surface area contributed by atoms with E-state index < -0.39 is 0 Å². The number of aromatic nitrogens is 1. The quantitative estimate of drug-likeness (QED) is 0.827. The van der Waals surface area contributed by atoms with Crippen molar-refractivity contribution in [3.8, 4) is 0 Å². The van der Waals surface area contributed by atoms with Crippen LogP contribution in [0.4, 0.5) is 11.4 Å². The summed E-state index contributed by atoms with van der Waals surface area (Å²) in [6.45, 7) is 5.29. The Balaban J connectivity index is 2.44. The zero-order valence-electron chi connectivity index (χ0n) is 9.75. The Kier molecular flexibility index (Phi) is 2.95. The third-order valence-corrected chi connectivity index (χ3v) is 2.56. The number of nitrogens with two attached hydrogens (primary N) is 1. The van der Waals surface area contributed by atoms with Crippen LogP contribution in [-0.2, 0) is 0 Å². The van der Waals surface area contributed by atoms with Crippen molar-refractivity contribution in [2.45, 2.75) is 13.8 Å². The number of nitrogen functional groups attached to an aromatic ring is 1. The molecular formula is C13H18N3+. The lowest BCUT2D eigenvalue weighted by atomic mass is 10.1. The molecule has 0 aliphatic heterocycles. The number of pyridine rings is 1. The Bertz CT molecular complexity index is 492. The second-order valence-electron chi connectivity index (χ2n) is 4.44. The van der Waals surface area contributed by atoms with Gasteiger partial charge in [0.05, 0.1) is 11.1 Å². The van der Waals surface area contributed by atoms with E-state index in [1.54, 1.807) is 0 Å². The molecule has 0 fully saturated rings. The average Bonchev–Trinajstić information content (AvgIpc) is 2.27. The van der Waals surface area contributed by atoms with Crippen LogP contribution in [0.1, 0.15) is 13.8 Å². The first-order valence-electron chi connectivity index (χ1n) is 5.61. The average molecular weight is 216 g/mol. The molecular weight excluding hydrogens is 198 g/mol. The number of hydrogen-bond donors (Lipinski definition) is 2. The van der Waals surface area contributed by atoms with Crippen LogP contribution in [0, 0.1) is 5.92 Å². The van der Waals surface area contributed by atoms with Crippen LogP contribution in [0.15, 0.2) is 30.5 Å². The Morgan fingerprint density at radius 1 is 1.31 bits per heavy atom. The molecule has 0 aliphatic rings. The highest BCUT2D eigenvalue weighted by Crippen LogP contribution is 2.25. The smallest absolute Gasteiger partial charge is 0.213 e. The fourth-order valence-corrected chi connectivity index (χ4v) is 1.71. The van der Waals surface area contributed by atoms with E-state index in [-0.39, 0.29) is 0 Å². The van der Waals surface area contributed by atoms with Crippen LogP contribution in [-0.4, -0.2) is 6.54 Å². The predicted molar refractivity (Wildman–Crippen MR) is 68.2 cm³/mol. The highest BCUT2D eigenvalue weighted by atomic mass is 14.9. The zero-order chi connectivity index (χ0) is 11.5. The van der Waals surface area contributed by atoms with Gasteiger partial charge in [0, 0.05) is 12.6 Å². The molecule has 0 radical (unpaired) electrons. The number of H-pyrrole nitrogens is 1. The molecule has 2 aromatic rings. The first-order valence-corrected chi connectivity index (χ1v) is 5.61. The molecule has 3 heteroatoms. The minimum Gasteiger partial charge on any atom is -0.392 e. The summed E-state index contributed by atoms with van der Waals surface area (Å²) in [5.74, 6) is 0.599. The molecule has 0 unspecified atom stereocenters. The molecule has 1 aromatic heterocycles. The van der Waals surface area contributed by atoms with E-state index in [1.165, 1.54) is 0 Å². The van der Waals surface area contributed by atoms with E-state index in [1.807, 2.05) is 18.3 Å². The molecule has 1 aromatic carbocycles. The van der Waals surface area contributed by atoms with Crippen LogP contribution in [0.2, 0.25) is 0 Å². The Labute approximate surface area is 95.7 Å². The Morgan fingerprint density at radius 3 is 2.81 bits per heavy atom. The van der Waals surface area contributed by atoms with Gasteiger partial charge in [0.1, 0.15) is 5.69 Å². The number of nitrogens with one attached hydrogen (secondary N) is 2. The Hall–Kier alpha value is -1.77. The molecule has 0 amide bonds. The number of para-hydroxylation sites is 1. The molecule has 0 bridgehead atoms. The van der Waals surface area contributed by atoms with Gasteiger partial charge in [0.15, 0.2) is 6.20 Å². The van der Waals surface area contributed by atoms with Gasteiger partial charge in [0.2, 0.25) is 5.52 Å². The molecule has 0 saturated carbocycles. The second kappa shape index (κ2) is 4.39. The SMILES string of the molecule is CC(C)CNc1c(N)c[nH+]c2ccccc12. The van der Waals surface area contributed by atoms with E-state index in [2.05, 4.69) is 36.3 Å². The minimum absolute atomic E-state index is 0.599. The van der Waals surface area contributed by atoms with Crippen molar-refractivity contribution < 1.29 is 4.98 Å². The van der Waals surface area contributed by atoms with E-state index in [4.69, 9.17) is 5.73 Å². The standard InChI is InChI=1S/C13H17N3/c1-9(2)7-16-13-10-5-3-4-6-12(10)15-8-11(13)14/h3-6,8-9H,7,14H2,1-2H3,(H,15,16)/p+1. The van der Waals surface area contributed by atoms with Crippen LogP contribution < -0.4 is 16.0 Å². The van der Waals surface area contributed by atoms with Gasteiger partial charge in [-0.05, 0) is 12.0 Å². The molecule has 0 saturated heterocycles. The van der Waals surface area contributed by atoms with Gasteiger partial charge in [0.25, 0.3) is 0 Å². The van der Waals surface area contributed by atoms with E-state index in [0.717, 1.165) is 28.8 Å². The summed E-state index contributed by atoms with van der Waals surface area (Å²) in [6, 6.07) is 8.16. The fraction of sp³-hybridized carbons (Fsp3) is 0.308. The topological polar surface area (TPSA) is 52.2 Å². The molecule has 1 heterocycles. The molecule has 3 nitrogen and oxygen atoms in total. The van der Waals surface area contributed by atoms with Gasteiger partial charge in [-0.2, -0.15) is 0 Å². The maximum absolute atomic E-state index is 5.98. The van der Waals surface area contributed by atoms with Crippen molar-refractivity contribution in [2.75, 3.05) is 17.6 Å². The molecule has 16 heavy (non-hydrogen) atoms. The molecule has 2 rings (SSSR count). The van der Waals surface area contributed by atoms with Crippen molar-refractivity contribution in [1.29, 1.82) is 0 Å². The number of rotatable bonds is 3. The van der Waals surface area contributed by atoms with Crippen molar-refractivity contribution >= 4 is 22.3 Å². The van der Waals surface area contributed by atoms with Crippen molar-refractivity contribution in [1.82, 2.24) is 0 Å². The lowest BCUT2D eigenvalue weighted by Crippen LogP contribution is -2.13. The maximum atomic E-state index is 5.98. The van der Waals surface area contributed by atoms with Gasteiger partial charge in [-0.15, -0.1) is 0 Å². The normalized spacial score (nSPS) is 10.9. The summed E-state index contributed by atoms with van der Waals surface area (Å²) >= 11 is 0. The molecule has 0 atom stereocenters. The lowest BCUT2D eigenvalue weighted by molar-refractivity contribution is -0.343. The van der Waals surface area contributed by atoms with Crippen molar-refractivity contribution in [2.24, 2.45) is 5.92 Å². The summed E-state index contributed by atoms with van der Waals surface area (Å²) in [7, 11) is 0. The number of benzene rings is 1. The predicted octanol–water partition coefficient (Wildman–Crippen LogP) is 2.30. The highest BCUT2D eigenvalue weighted by molar-refractivity contribution is 5.94. The van der Waals surface area contributed by atoms with Crippen LogP contribution in [0.5, 0.6) is 0 Å². The lowest BCUT2D eigenvalue weighted by Gasteiger charge is -2.11. The number of anilines is 2. The molecule has 4 N–H and O–H groups in total. The van der Waals surface area contributed by atoms with Crippen LogP contribution in [0.3, 0.4) is 0 Å². The number of hydrogen-bond acceptors (Lipinski definition) is 2. The fourth-order valence-electron chi connectivity index (χ4n) is 1.71. The molecule has 0 aliphatic carbocycles.